The van der Waals surface area contributed by atoms with E-state index < -0.39 is 11.1 Å². The summed E-state index contributed by atoms with van der Waals surface area (Å²) in [7, 11) is 0. The van der Waals surface area contributed by atoms with E-state index in [1.165, 1.54) is 77.7 Å². The van der Waals surface area contributed by atoms with Crippen LogP contribution < -0.4 is 4.90 Å². The van der Waals surface area contributed by atoms with Crippen LogP contribution in [0.25, 0.3) is 38.8 Å². The van der Waals surface area contributed by atoms with Crippen molar-refractivity contribution in [1.29, 1.82) is 0 Å². The fraction of sp³-hybridized carbons (Fsp3) is 0.344. The maximum absolute atomic E-state index is 7.57. The number of aryl methyl sites for hydroxylation is 7. The molecule has 358 valence electrons. The van der Waals surface area contributed by atoms with E-state index in [-0.39, 0.29) is 37.3 Å². The zero-order valence-electron chi connectivity index (χ0n) is 44.0. The molecule has 70 heavy (non-hydrogen) atoms. The van der Waals surface area contributed by atoms with Crippen LogP contribution in [0.1, 0.15) is 135 Å². The number of aliphatic imine (C=N–C) groups is 1. The van der Waals surface area contributed by atoms with E-state index in [9.17, 15) is 0 Å². The molecule has 5 nitrogen and oxygen atoms in total. The second kappa shape index (κ2) is 15.9. The molecule has 0 saturated carbocycles. The number of fused-ring (bicyclic) bond motifs is 8. The molecule has 2 aliphatic heterocycles. The van der Waals surface area contributed by atoms with E-state index in [1.807, 2.05) is 6.20 Å². The summed E-state index contributed by atoms with van der Waals surface area (Å²) in [4.78, 5) is 13.3. The van der Waals surface area contributed by atoms with E-state index in [4.69, 9.17) is 14.7 Å². The number of aromatic nitrogens is 2. The van der Waals surface area contributed by atoms with Crippen LogP contribution in [0.3, 0.4) is 0 Å². The number of pyridine rings is 1. The third-order valence-corrected chi connectivity index (χ3v) is 16.3. The number of hydrogen-bond acceptors (Lipinski definition) is 4. The molecule has 0 spiro atoms. The van der Waals surface area contributed by atoms with Crippen LogP contribution in [0.4, 0.5) is 17.1 Å². The summed E-state index contributed by atoms with van der Waals surface area (Å²) < 4.78 is 9.90. The van der Waals surface area contributed by atoms with Gasteiger partial charge < -0.3 is 14.2 Å². The fourth-order valence-corrected chi connectivity index (χ4v) is 12.5. The summed E-state index contributed by atoms with van der Waals surface area (Å²) in [6.45, 7) is 36.3. The first kappa shape index (κ1) is 47.9. The maximum atomic E-state index is 7.57. The van der Waals surface area contributed by atoms with Crippen LogP contribution in [-0.4, -0.2) is 21.0 Å². The van der Waals surface area contributed by atoms with Gasteiger partial charge in [0.15, 0.2) is 0 Å². The Kier molecular flexibility index (Phi) is 10.9. The summed E-state index contributed by atoms with van der Waals surface area (Å²) in [6, 6.07) is 42.7. The van der Waals surface area contributed by atoms with Crippen molar-refractivity contribution in [3.63, 3.8) is 0 Å². The topological polar surface area (TPSA) is 42.6 Å². The predicted molar refractivity (Wildman–Crippen MR) is 288 cm³/mol. The zero-order chi connectivity index (χ0) is 49.1. The van der Waals surface area contributed by atoms with E-state index in [0.717, 1.165) is 56.8 Å². The zero-order valence-corrected chi connectivity index (χ0v) is 46.2. The molecule has 4 heterocycles. The molecule has 3 aliphatic rings. The van der Waals surface area contributed by atoms with Gasteiger partial charge in [0.25, 0.3) is 0 Å². The van der Waals surface area contributed by atoms with Gasteiger partial charge in [-0.25, -0.2) is 4.98 Å². The molecule has 0 N–H and O–H groups in total. The number of benzene rings is 6. The van der Waals surface area contributed by atoms with Gasteiger partial charge >= 0.3 is 21.1 Å². The summed E-state index contributed by atoms with van der Waals surface area (Å²) in [5.74, 6) is 1.53. The van der Waals surface area contributed by atoms with Crippen molar-refractivity contribution in [2.24, 2.45) is 10.4 Å². The second-order valence-electron chi connectivity index (χ2n) is 23.7. The van der Waals surface area contributed by atoms with Gasteiger partial charge in [-0.3, -0.25) is 4.99 Å². The van der Waals surface area contributed by atoms with Crippen molar-refractivity contribution >= 4 is 44.8 Å². The molecule has 8 aromatic rings. The Hall–Kier alpha value is -5.77. The number of anilines is 3. The van der Waals surface area contributed by atoms with Crippen molar-refractivity contribution < 1.29 is 25.8 Å². The normalized spacial score (nSPS) is 19.1. The van der Waals surface area contributed by atoms with E-state index >= 15 is 0 Å². The Bertz CT molecular complexity index is 3530. The molecule has 2 aromatic heterocycles. The van der Waals surface area contributed by atoms with Crippen molar-refractivity contribution in [3.8, 4) is 16.9 Å². The smallest absolute Gasteiger partial charge is 0.510 e. The number of nitrogens with zero attached hydrogens (tertiary/aromatic N) is 4. The standard InChI is InChI=1S/C64H66N4O.Pt/c1-36-17-19-53-48(25-36)49-33-52-56(34-55(49)68(53)57-32-46(21-22-65-57)60(8,9)10)67(54-20-18-37(2)26-51(54)62(52,14)15)47-30-43(58-41(6)23-38(3)24-42(58)7)29-44(31-47)59-66-63(16)50-28-40(5)39(4)27-45(50)35-64(63,69-59)61(11,12)13;/h17-30,32-33H,35H2,1-16H3;/q-2;+2/t63-,64-;/m1./s1. The Morgan fingerprint density at radius 3 is 2.03 bits per heavy atom. The van der Waals surface area contributed by atoms with Gasteiger partial charge in [0.05, 0.1) is 0 Å². The Labute approximate surface area is 430 Å². The molecule has 0 radical (unpaired) electrons. The first-order valence-corrected chi connectivity index (χ1v) is 24.9. The van der Waals surface area contributed by atoms with Crippen LogP contribution in [0.5, 0.6) is 0 Å². The van der Waals surface area contributed by atoms with Crippen LogP contribution in [0, 0.1) is 66.0 Å². The first-order chi connectivity index (χ1) is 32.4. The molecule has 0 saturated heterocycles. The van der Waals surface area contributed by atoms with Crippen molar-refractivity contribution in [1.82, 2.24) is 9.55 Å². The number of rotatable bonds is 4. The minimum Gasteiger partial charge on any atom is -0.510 e. The second-order valence-corrected chi connectivity index (χ2v) is 23.7. The van der Waals surface area contributed by atoms with Crippen molar-refractivity contribution in [2.75, 3.05) is 4.90 Å². The predicted octanol–water partition coefficient (Wildman–Crippen LogP) is 16.0. The average molecular weight is 1100 g/mol. The molecular formula is C64H66N4OPt. The number of hydrogen-bond donors (Lipinski definition) is 0. The molecular weight excluding hydrogens is 1040 g/mol. The first-order valence-electron chi connectivity index (χ1n) is 24.9. The van der Waals surface area contributed by atoms with Gasteiger partial charge in [-0.15, -0.1) is 35.2 Å². The molecule has 1 aliphatic carbocycles. The Balaban J connectivity index is 0.00000567. The fourth-order valence-electron chi connectivity index (χ4n) is 12.5. The van der Waals surface area contributed by atoms with E-state index in [1.54, 1.807) is 0 Å². The summed E-state index contributed by atoms with van der Waals surface area (Å²) in [6.07, 6.45) is 2.74. The van der Waals surface area contributed by atoms with Gasteiger partial charge in [-0.1, -0.05) is 143 Å². The molecule has 0 unspecified atom stereocenters. The molecule has 2 atom stereocenters. The molecule has 0 amide bonds. The minimum atomic E-state index is -0.608. The third kappa shape index (κ3) is 6.95. The SMILES string of the molecule is Cc1cc(C)c(-c2cc(C3=N[C@]4(C)c5cc(C)c(C)cc5C[C@]4(C(C)(C)C)O3)[c-]c(N3c4[c-]c5c(cc4C(C)(C)c4cc(C)ccc43)c3cc(C)ccc3n5-c3cc(C(C)(C)C)ccn3)c2)c(C)c1.[Pt+2]. The van der Waals surface area contributed by atoms with Gasteiger partial charge in [0.2, 0.25) is 0 Å². The third-order valence-electron chi connectivity index (χ3n) is 16.3. The molecule has 6 aromatic carbocycles. The van der Waals surface area contributed by atoms with Gasteiger partial charge in [0, 0.05) is 29.2 Å². The molecule has 6 heteroatoms. The van der Waals surface area contributed by atoms with E-state index in [0.29, 0.717) is 5.90 Å². The van der Waals surface area contributed by atoms with Gasteiger partial charge in [-0.2, -0.15) is 6.07 Å². The molecule has 0 fully saturated rings. The monoisotopic (exact) mass is 1100 g/mol. The van der Waals surface area contributed by atoms with Crippen molar-refractivity contribution in [2.45, 2.75) is 139 Å². The van der Waals surface area contributed by atoms with Crippen LogP contribution in [0.15, 0.2) is 102 Å². The minimum absolute atomic E-state index is 0. The summed E-state index contributed by atoms with van der Waals surface area (Å²) >= 11 is 0. The van der Waals surface area contributed by atoms with Crippen molar-refractivity contribution in [3.05, 3.63) is 182 Å². The van der Waals surface area contributed by atoms with Crippen LogP contribution in [0.2, 0.25) is 0 Å². The Morgan fingerprint density at radius 1 is 0.643 bits per heavy atom. The summed E-state index contributed by atoms with van der Waals surface area (Å²) in [5.41, 5.74) is 21.5. The van der Waals surface area contributed by atoms with E-state index in [2.05, 4.69) is 223 Å². The van der Waals surface area contributed by atoms with Gasteiger partial charge in [0.1, 0.15) is 22.9 Å². The van der Waals surface area contributed by atoms with Crippen LogP contribution >= 0.6 is 0 Å². The Morgan fingerprint density at radius 2 is 1.33 bits per heavy atom. The largest absolute Gasteiger partial charge is 2.00 e. The van der Waals surface area contributed by atoms with Gasteiger partial charge in [-0.05, 0) is 152 Å². The van der Waals surface area contributed by atoms with Crippen LogP contribution in [-0.2, 0) is 48.6 Å². The number of ether oxygens (including phenoxy) is 1. The molecule has 0 bridgehead atoms. The maximum Gasteiger partial charge on any atom is 2.00 e. The quantitative estimate of drug-likeness (QED) is 0.165. The summed E-state index contributed by atoms with van der Waals surface area (Å²) in [5, 5.41) is 2.36. The average Bonchev–Trinajstić information content (AvgIpc) is 3.84. The molecule has 11 rings (SSSR count).